The Morgan fingerprint density at radius 1 is 0.323 bits per heavy atom. The lowest BCUT2D eigenvalue weighted by Gasteiger charge is -2.34. The molecule has 0 saturated carbocycles. The van der Waals surface area contributed by atoms with E-state index in [-0.39, 0.29) is 0 Å². The van der Waals surface area contributed by atoms with Crippen molar-refractivity contribution in [2.45, 2.75) is 5.41 Å². The highest BCUT2D eigenvalue weighted by Crippen LogP contribution is 2.58. The van der Waals surface area contributed by atoms with Crippen molar-refractivity contribution in [2.75, 3.05) is 0 Å². The molecule has 2 aromatic heterocycles. The van der Waals surface area contributed by atoms with Gasteiger partial charge in [0.05, 0.1) is 5.41 Å². The van der Waals surface area contributed by atoms with Crippen LogP contribution in [0.15, 0.2) is 224 Å². The Hall–Kier alpha value is -7.79. The second kappa shape index (κ2) is 14.7. The molecular formula is C58H37N3S. The van der Waals surface area contributed by atoms with E-state index in [1.54, 1.807) is 11.3 Å². The van der Waals surface area contributed by atoms with Crippen LogP contribution >= 0.6 is 11.3 Å². The molecule has 12 rings (SSSR count). The third-order valence-corrected chi connectivity index (χ3v) is 13.7. The van der Waals surface area contributed by atoms with Gasteiger partial charge in [-0.1, -0.05) is 206 Å². The first-order valence-corrected chi connectivity index (χ1v) is 21.8. The molecule has 4 heteroatoms. The molecule has 1 aliphatic rings. The molecule has 1 aliphatic carbocycles. The van der Waals surface area contributed by atoms with E-state index in [2.05, 4.69) is 218 Å². The van der Waals surface area contributed by atoms with E-state index in [9.17, 15) is 0 Å². The quantitative estimate of drug-likeness (QED) is 0.161. The largest absolute Gasteiger partial charge is 0.208 e. The number of fused-ring (bicyclic) bond motifs is 6. The Bertz CT molecular complexity index is 3430. The fraction of sp³-hybridized carbons (Fsp3) is 0.0172. The molecule has 0 radical (unpaired) electrons. The van der Waals surface area contributed by atoms with Crippen LogP contribution in [0.25, 0.3) is 87.7 Å². The minimum Gasteiger partial charge on any atom is -0.208 e. The standard InChI is InChI=1S/C58H37N3S/c1-4-19-38(20-5-1)43-27-10-11-29-47(43)56-59-55(60-57(61-56)49-33-17-32-46-45-28-13-15-36-52(45)62-54(46)49)40-22-16-21-39(37-40)44-31-18-35-51-53(44)48-30-12-14-34-50(48)58(51,41-23-6-2-7-24-41)42-25-8-3-9-26-42/h1-37H. The maximum Gasteiger partial charge on any atom is 0.165 e. The van der Waals surface area contributed by atoms with Crippen molar-refractivity contribution in [1.29, 1.82) is 0 Å². The van der Waals surface area contributed by atoms with Crippen molar-refractivity contribution in [2.24, 2.45) is 0 Å². The molecule has 0 aliphatic heterocycles. The molecule has 62 heavy (non-hydrogen) atoms. The molecule has 9 aromatic carbocycles. The van der Waals surface area contributed by atoms with Crippen molar-refractivity contribution in [3.8, 4) is 67.5 Å². The first-order valence-electron chi connectivity index (χ1n) is 21.0. The number of hydrogen-bond donors (Lipinski definition) is 0. The highest BCUT2D eigenvalue weighted by Gasteiger charge is 2.46. The average Bonchev–Trinajstić information content (AvgIpc) is 3.89. The summed E-state index contributed by atoms with van der Waals surface area (Å²) in [6, 6.07) is 80.4. The normalized spacial score (nSPS) is 12.6. The zero-order valence-corrected chi connectivity index (χ0v) is 34.4. The number of nitrogens with zero attached hydrogens (tertiary/aromatic N) is 3. The molecule has 2 heterocycles. The predicted octanol–water partition coefficient (Wildman–Crippen LogP) is 14.9. The van der Waals surface area contributed by atoms with Crippen molar-refractivity contribution < 1.29 is 0 Å². The molecule has 290 valence electrons. The van der Waals surface area contributed by atoms with Gasteiger partial charge in [-0.3, -0.25) is 0 Å². The Balaban J connectivity index is 1.08. The maximum absolute atomic E-state index is 5.35. The SMILES string of the molecule is c1ccc(-c2ccccc2-c2nc(-c3cccc(-c4cccc5c4-c4ccccc4C5(c4ccccc4)c4ccccc4)c3)nc(-c3cccc4c3sc3ccccc34)n2)cc1. The van der Waals surface area contributed by atoms with Crippen LogP contribution in [0.5, 0.6) is 0 Å². The monoisotopic (exact) mass is 807 g/mol. The number of thiophene rings is 1. The Morgan fingerprint density at radius 2 is 0.823 bits per heavy atom. The van der Waals surface area contributed by atoms with Crippen LogP contribution in [0, 0.1) is 0 Å². The van der Waals surface area contributed by atoms with E-state index in [0.717, 1.165) is 33.4 Å². The lowest BCUT2D eigenvalue weighted by molar-refractivity contribution is 0.768. The van der Waals surface area contributed by atoms with Gasteiger partial charge in [-0.05, 0) is 73.8 Å². The fourth-order valence-corrected chi connectivity index (χ4v) is 11.0. The molecule has 0 spiro atoms. The number of rotatable bonds is 7. The van der Waals surface area contributed by atoms with Gasteiger partial charge in [0.1, 0.15) is 0 Å². The first-order chi connectivity index (χ1) is 30.8. The van der Waals surface area contributed by atoms with E-state index >= 15 is 0 Å². The minimum absolute atomic E-state index is 0.486. The summed E-state index contributed by atoms with van der Waals surface area (Å²) in [5.74, 6) is 1.92. The van der Waals surface area contributed by atoms with Crippen LogP contribution in [0.2, 0.25) is 0 Å². The average molecular weight is 808 g/mol. The summed E-state index contributed by atoms with van der Waals surface area (Å²) in [7, 11) is 0. The van der Waals surface area contributed by atoms with Gasteiger partial charge in [0.2, 0.25) is 0 Å². The number of aromatic nitrogens is 3. The van der Waals surface area contributed by atoms with Gasteiger partial charge in [-0.15, -0.1) is 11.3 Å². The summed E-state index contributed by atoms with van der Waals surface area (Å²) in [6.45, 7) is 0. The van der Waals surface area contributed by atoms with Crippen LogP contribution < -0.4 is 0 Å². The Morgan fingerprint density at radius 3 is 1.60 bits per heavy atom. The molecule has 0 amide bonds. The Kier molecular flexibility index (Phi) is 8.58. The summed E-state index contributed by atoms with van der Waals surface area (Å²) in [5.41, 5.74) is 14.4. The van der Waals surface area contributed by atoms with Gasteiger partial charge >= 0.3 is 0 Å². The minimum atomic E-state index is -0.486. The van der Waals surface area contributed by atoms with E-state index in [4.69, 9.17) is 15.0 Å². The second-order valence-corrected chi connectivity index (χ2v) is 16.9. The fourth-order valence-electron chi connectivity index (χ4n) is 9.78. The maximum atomic E-state index is 5.35. The molecule has 0 atom stereocenters. The van der Waals surface area contributed by atoms with Crippen molar-refractivity contribution in [3.63, 3.8) is 0 Å². The van der Waals surface area contributed by atoms with Gasteiger partial charge in [0, 0.05) is 36.9 Å². The zero-order chi connectivity index (χ0) is 41.0. The van der Waals surface area contributed by atoms with E-state index < -0.39 is 5.41 Å². The zero-order valence-electron chi connectivity index (χ0n) is 33.6. The third-order valence-electron chi connectivity index (χ3n) is 12.4. The van der Waals surface area contributed by atoms with Gasteiger partial charge in [0.25, 0.3) is 0 Å². The summed E-state index contributed by atoms with van der Waals surface area (Å²) < 4.78 is 2.41. The highest BCUT2D eigenvalue weighted by atomic mass is 32.1. The van der Waals surface area contributed by atoms with Crippen LogP contribution in [0.3, 0.4) is 0 Å². The smallest absolute Gasteiger partial charge is 0.165 e. The van der Waals surface area contributed by atoms with Gasteiger partial charge in [-0.2, -0.15) is 0 Å². The first kappa shape index (κ1) is 36.1. The molecule has 0 unspecified atom stereocenters. The molecule has 0 saturated heterocycles. The van der Waals surface area contributed by atoms with Crippen LogP contribution in [-0.4, -0.2) is 15.0 Å². The van der Waals surface area contributed by atoms with E-state index in [0.29, 0.717) is 17.5 Å². The molecular weight excluding hydrogens is 771 g/mol. The molecule has 11 aromatic rings. The van der Waals surface area contributed by atoms with Gasteiger partial charge in [0.15, 0.2) is 17.5 Å². The second-order valence-electron chi connectivity index (χ2n) is 15.8. The lowest BCUT2D eigenvalue weighted by atomic mass is 9.67. The Labute approximate surface area is 364 Å². The molecule has 0 fully saturated rings. The summed E-state index contributed by atoms with van der Waals surface area (Å²) >= 11 is 1.79. The molecule has 3 nitrogen and oxygen atoms in total. The summed E-state index contributed by atoms with van der Waals surface area (Å²) in [4.78, 5) is 16.0. The summed E-state index contributed by atoms with van der Waals surface area (Å²) in [6.07, 6.45) is 0. The highest BCUT2D eigenvalue weighted by molar-refractivity contribution is 7.26. The van der Waals surface area contributed by atoms with Crippen LogP contribution in [0.1, 0.15) is 22.3 Å². The van der Waals surface area contributed by atoms with Crippen molar-refractivity contribution >= 4 is 31.5 Å². The van der Waals surface area contributed by atoms with E-state index in [1.807, 2.05) is 6.07 Å². The van der Waals surface area contributed by atoms with Crippen molar-refractivity contribution in [1.82, 2.24) is 15.0 Å². The third kappa shape index (κ3) is 5.68. The topological polar surface area (TPSA) is 38.7 Å². The molecule has 0 bridgehead atoms. The summed E-state index contributed by atoms with van der Waals surface area (Å²) in [5, 5.41) is 2.45. The lowest BCUT2D eigenvalue weighted by Crippen LogP contribution is -2.28. The van der Waals surface area contributed by atoms with Crippen LogP contribution in [-0.2, 0) is 5.41 Å². The predicted molar refractivity (Wildman–Crippen MR) is 257 cm³/mol. The van der Waals surface area contributed by atoms with E-state index in [1.165, 1.54) is 59.1 Å². The molecule has 0 N–H and O–H groups in total. The van der Waals surface area contributed by atoms with Crippen molar-refractivity contribution in [3.05, 3.63) is 247 Å². The van der Waals surface area contributed by atoms with Crippen LogP contribution in [0.4, 0.5) is 0 Å². The number of hydrogen-bond acceptors (Lipinski definition) is 4. The number of benzene rings is 9. The van der Waals surface area contributed by atoms with Gasteiger partial charge < -0.3 is 0 Å². The van der Waals surface area contributed by atoms with Gasteiger partial charge in [-0.25, -0.2) is 15.0 Å².